The zero-order valence-electron chi connectivity index (χ0n) is 12.7. The van der Waals surface area contributed by atoms with Gasteiger partial charge < -0.3 is 15.2 Å². The fraction of sp³-hybridized carbons (Fsp3) is 0.625. The summed E-state index contributed by atoms with van der Waals surface area (Å²) in [6, 6.07) is 7.57. The molecule has 0 saturated heterocycles. The molecule has 108 valence electrons. The van der Waals surface area contributed by atoms with Crippen molar-refractivity contribution in [2.75, 3.05) is 20.2 Å². The first-order valence-electron chi connectivity index (χ1n) is 6.87. The molecule has 3 heteroatoms. The molecule has 2 atom stereocenters. The van der Waals surface area contributed by atoms with Crippen LogP contribution in [0.2, 0.25) is 0 Å². The summed E-state index contributed by atoms with van der Waals surface area (Å²) in [5.74, 6) is 1.34. The van der Waals surface area contributed by atoms with E-state index in [9.17, 15) is 5.11 Å². The van der Waals surface area contributed by atoms with Gasteiger partial charge in [-0.3, -0.25) is 0 Å². The van der Waals surface area contributed by atoms with Crippen LogP contribution in [0.3, 0.4) is 0 Å². The smallest absolute Gasteiger partial charge is 0.119 e. The number of hydrogen-bond donors (Lipinski definition) is 2. The average molecular weight is 265 g/mol. The van der Waals surface area contributed by atoms with E-state index in [1.165, 1.54) is 0 Å². The van der Waals surface area contributed by atoms with E-state index in [2.05, 4.69) is 33.0 Å². The van der Waals surface area contributed by atoms with Crippen molar-refractivity contribution in [1.29, 1.82) is 0 Å². The third-order valence-corrected chi connectivity index (χ3v) is 3.75. The van der Waals surface area contributed by atoms with Crippen molar-refractivity contribution in [3.8, 4) is 5.75 Å². The molecule has 19 heavy (non-hydrogen) atoms. The number of methoxy groups -OCH3 is 1. The predicted octanol–water partition coefficient (Wildman–Crippen LogP) is 3.00. The molecule has 0 bridgehead atoms. The molecule has 0 fully saturated rings. The molecule has 0 aliphatic heterocycles. The van der Waals surface area contributed by atoms with Gasteiger partial charge in [-0.1, -0.05) is 39.8 Å². The first kappa shape index (κ1) is 16.0. The minimum atomic E-state index is -0.498. The molecule has 0 amide bonds. The van der Waals surface area contributed by atoms with Gasteiger partial charge in [-0.15, -0.1) is 0 Å². The molecule has 2 N–H and O–H groups in total. The molecule has 2 unspecified atom stereocenters. The first-order chi connectivity index (χ1) is 8.84. The van der Waals surface area contributed by atoms with Crippen molar-refractivity contribution in [3.63, 3.8) is 0 Å². The zero-order chi connectivity index (χ0) is 14.5. The molecular formula is C16H27NO2. The number of nitrogens with one attached hydrogen (secondary N) is 1. The molecule has 1 rings (SSSR count). The largest absolute Gasteiger partial charge is 0.497 e. The summed E-state index contributed by atoms with van der Waals surface area (Å²) in [5.41, 5.74) is 1.17. The summed E-state index contributed by atoms with van der Waals surface area (Å²) < 4.78 is 5.16. The number of aliphatic hydroxyl groups excluding tert-OH is 1. The zero-order valence-corrected chi connectivity index (χ0v) is 12.7. The van der Waals surface area contributed by atoms with Crippen LogP contribution in [0.25, 0.3) is 0 Å². The lowest BCUT2D eigenvalue weighted by Gasteiger charge is -2.27. The summed E-state index contributed by atoms with van der Waals surface area (Å²) in [6.07, 6.45) is -0.498. The second-order valence-electron chi connectivity index (χ2n) is 6.22. The average Bonchev–Trinajstić information content (AvgIpc) is 2.37. The van der Waals surface area contributed by atoms with Crippen LogP contribution in [0.4, 0.5) is 0 Å². The number of rotatable bonds is 6. The topological polar surface area (TPSA) is 41.5 Å². The predicted molar refractivity (Wildman–Crippen MR) is 79.4 cm³/mol. The van der Waals surface area contributed by atoms with Crippen molar-refractivity contribution < 1.29 is 9.84 Å². The SMILES string of the molecule is COc1cccc(C(O)CNCC(C)C(C)(C)C)c1. The van der Waals surface area contributed by atoms with E-state index < -0.39 is 6.10 Å². The first-order valence-corrected chi connectivity index (χ1v) is 6.87. The maximum Gasteiger partial charge on any atom is 0.119 e. The van der Waals surface area contributed by atoms with Crippen LogP contribution in [-0.2, 0) is 0 Å². The van der Waals surface area contributed by atoms with Gasteiger partial charge in [-0.25, -0.2) is 0 Å². The third kappa shape index (κ3) is 5.21. The van der Waals surface area contributed by atoms with E-state index in [-0.39, 0.29) is 5.41 Å². The molecule has 0 aromatic heterocycles. The minimum absolute atomic E-state index is 0.286. The Balaban J connectivity index is 2.45. The van der Waals surface area contributed by atoms with Gasteiger partial charge in [0.1, 0.15) is 5.75 Å². The number of ether oxygens (including phenoxy) is 1. The Labute approximate surface area is 117 Å². The number of benzene rings is 1. The highest BCUT2D eigenvalue weighted by Crippen LogP contribution is 2.24. The van der Waals surface area contributed by atoms with Gasteiger partial charge in [0.05, 0.1) is 13.2 Å². The van der Waals surface area contributed by atoms with Crippen LogP contribution < -0.4 is 10.1 Å². The molecule has 0 radical (unpaired) electrons. The van der Waals surface area contributed by atoms with Crippen LogP contribution >= 0.6 is 0 Å². The van der Waals surface area contributed by atoms with Crippen LogP contribution in [-0.4, -0.2) is 25.3 Å². The fourth-order valence-electron chi connectivity index (χ4n) is 1.71. The van der Waals surface area contributed by atoms with Crippen LogP contribution in [0.5, 0.6) is 5.75 Å². The highest BCUT2D eigenvalue weighted by atomic mass is 16.5. The van der Waals surface area contributed by atoms with Crippen molar-refractivity contribution >= 4 is 0 Å². The maximum absolute atomic E-state index is 10.1. The molecule has 1 aromatic rings. The Morgan fingerprint density at radius 2 is 1.95 bits per heavy atom. The highest BCUT2D eigenvalue weighted by molar-refractivity contribution is 5.29. The standard InChI is InChI=1S/C16H27NO2/c1-12(16(2,3)4)10-17-11-15(18)13-7-6-8-14(9-13)19-5/h6-9,12,15,17-18H,10-11H2,1-5H3. The number of aliphatic hydroxyl groups is 1. The summed E-state index contributed by atoms with van der Waals surface area (Å²) >= 11 is 0. The van der Waals surface area contributed by atoms with Crippen LogP contribution in [0.1, 0.15) is 39.4 Å². The molecule has 0 heterocycles. The Morgan fingerprint density at radius 1 is 1.26 bits per heavy atom. The Bertz CT molecular complexity index is 385. The molecule has 0 spiro atoms. The fourth-order valence-corrected chi connectivity index (χ4v) is 1.71. The van der Waals surface area contributed by atoms with Crippen molar-refractivity contribution in [2.45, 2.75) is 33.8 Å². The van der Waals surface area contributed by atoms with Gasteiger partial charge in [-0.2, -0.15) is 0 Å². The van der Waals surface area contributed by atoms with E-state index in [0.29, 0.717) is 12.5 Å². The molecule has 3 nitrogen and oxygen atoms in total. The van der Waals surface area contributed by atoms with Crippen LogP contribution in [0.15, 0.2) is 24.3 Å². The lowest BCUT2D eigenvalue weighted by atomic mass is 9.82. The summed E-state index contributed by atoms with van der Waals surface area (Å²) in [5, 5.41) is 13.5. The lowest BCUT2D eigenvalue weighted by Crippen LogP contribution is -2.32. The Morgan fingerprint density at radius 3 is 2.53 bits per heavy atom. The van der Waals surface area contributed by atoms with E-state index >= 15 is 0 Å². The molecule has 0 aliphatic rings. The molecular weight excluding hydrogens is 238 g/mol. The Kier molecular flexibility index (Phi) is 5.83. The lowest BCUT2D eigenvalue weighted by molar-refractivity contribution is 0.165. The monoisotopic (exact) mass is 265 g/mol. The molecule has 1 aromatic carbocycles. The maximum atomic E-state index is 10.1. The Hall–Kier alpha value is -1.06. The summed E-state index contributed by atoms with van der Waals surface area (Å²) in [4.78, 5) is 0. The van der Waals surface area contributed by atoms with Gasteiger partial charge in [0.25, 0.3) is 0 Å². The van der Waals surface area contributed by atoms with E-state index in [1.54, 1.807) is 7.11 Å². The van der Waals surface area contributed by atoms with Gasteiger partial charge in [0.15, 0.2) is 0 Å². The second-order valence-corrected chi connectivity index (χ2v) is 6.22. The van der Waals surface area contributed by atoms with Gasteiger partial charge >= 0.3 is 0 Å². The second kappa shape index (κ2) is 6.92. The van der Waals surface area contributed by atoms with E-state index in [1.807, 2.05) is 24.3 Å². The van der Waals surface area contributed by atoms with Crippen molar-refractivity contribution in [2.24, 2.45) is 11.3 Å². The quantitative estimate of drug-likeness (QED) is 0.831. The molecule has 0 aliphatic carbocycles. The van der Waals surface area contributed by atoms with Gasteiger partial charge in [-0.05, 0) is 35.6 Å². The van der Waals surface area contributed by atoms with Gasteiger partial charge in [0.2, 0.25) is 0 Å². The normalized spacial score (nSPS) is 15.1. The van der Waals surface area contributed by atoms with Crippen LogP contribution in [0, 0.1) is 11.3 Å². The summed E-state index contributed by atoms with van der Waals surface area (Å²) in [7, 11) is 1.63. The number of hydrogen-bond acceptors (Lipinski definition) is 3. The highest BCUT2D eigenvalue weighted by Gasteiger charge is 2.19. The van der Waals surface area contributed by atoms with E-state index in [4.69, 9.17) is 4.74 Å². The summed E-state index contributed by atoms with van der Waals surface area (Å²) in [6.45, 7) is 10.4. The van der Waals surface area contributed by atoms with E-state index in [0.717, 1.165) is 17.9 Å². The molecule has 0 saturated carbocycles. The van der Waals surface area contributed by atoms with Gasteiger partial charge in [0, 0.05) is 6.54 Å². The minimum Gasteiger partial charge on any atom is -0.497 e. The van der Waals surface area contributed by atoms with Crippen molar-refractivity contribution in [1.82, 2.24) is 5.32 Å². The van der Waals surface area contributed by atoms with Crippen molar-refractivity contribution in [3.05, 3.63) is 29.8 Å². The third-order valence-electron chi connectivity index (χ3n) is 3.75.